The molecule has 0 saturated carbocycles. The van der Waals surface area contributed by atoms with Crippen LogP contribution >= 0.6 is 24.8 Å². The number of carbonyl (C=O) groups excluding carboxylic acids is 1. The van der Waals surface area contributed by atoms with Crippen molar-refractivity contribution in [2.75, 3.05) is 59.7 Å². The minimum Gasteiger partial charge on any atom is -0.383 e. The third-order valence-corrected chi connectivity index (χ3v) is 3.56. The number of nitrogens with one attached hydrogen (secondary N) is 2. The molecule has 0 aromatic rings. The number of ether oxygens (including phenoxy) is 2. The van der Waals surface area contributed by atoms with Gasteiger partial charge in [-0.2, -0.15) is 0 Å². The van der Waals surface area contributed by atoms with E-state index >= 15 is 0 Å². The predicted octanol–water partition coefficient (Wildman–Crippen LogP) is 0.539. The van der Waals surface area contributed by atoms with Crippen LogP contribution in [-0.2, 0) is 14.3 Å². The zero-order valence-corrected chi connectivity index (χ0v) is 15.4. The summed E-state index contributed by atoms with van der Waals surface area (Å²) in [5.41, 5.74) is 0. The van der Waals surface area contributed by atoms with Gasteiger partial charge in [-0.25, -0.2) is 0 Å². The lowest BCUT2D eigenvalue weighted by Gasteiger charge is -2.36. The maximum absolute atomic E-state index is 11.8. The van der Waals surface area contributed by atoms with Crippen molar-refractivity contribution in [2.24, 2.45) is 5.92 Å². The Morgan fingerprint density at radius 1 is 1.27 bits per heavy atom. The van der Waals surface area contributed by atoms with E-state index < -0.39 is 0 Å². The second-order valence-electron chi connectivity index (χ2n) is 5.43. The van der Waals surface area contributed by atoms with Crippen LogP contribution in [0.25, 0.3) is 0 Å². The van der Waals surface area contributed by atoms with Crippen molar-refractivity contribution < 1.29 is 14.3 Å². The van der Waals surface area contributed by atoms with Crippen LogP contribution in [0.1, 0.15) is 13.8 Å². The fraction of sp³-hybridized carbons (Fsp3) is 0.929. The molecule has 8 heteroatoms. The highest BCUT2D eigenvalue weighted by Crippen LogP contribution is 2.12. The average Bonchev–Trinajstić information content (AvgIpc) is 2.44. The smallest absolute Gasteiger partial charge is 0.234 e. The highest BCUT2D eigenvalue weighted by atomic mass is 35.5. The minimum absolute atomic E-state index is 0. The van der Waals surface area contributed by atoms with Gasteiger partial charge in [0.1, 0.15) is 0 Å². The van der Waals surface area contributed by atoms with Gasteiger partial charge in [-0.1, -0.05) is 13.8 Å². The van der Waals surface area contributed by atoms with E-state index in [2.05, 4.69) is 29.4 Å². The first-order valence-electron chi connectivity index (χ1n) is 7.43. The SMILES string of the molecule is COCCNCC(=O)NCC(C(C)C)N1CCOCC1.Cl.Cl. The summed E-state index contributed by atoms with van der Waals surface area (Å²) in [6, 6.07) is 0.377. The number of hydrogen-bond acceptors (Lipinski definition) is 5. The van der Waals surface area contributed by atoms with Gasteiger partial charge >= 0.3 is 0 Å². The summed E-state index contributed by atoms with van der Waals surface area (Å²) >= 11 is 0. The molecule has 1 amide bonds. The molecule has 1 aliphatic heterocycles. The van der Waals surface area contributed by atoms with Crippen molar-refractivity contribution in [3.8, 4) is 0 Å². The van der Waals surface area contributed by atoms with Crippen molar-refractivity contribution >= 4 is 30.7 Å². The highest BCUT2D eigenvalue weighted by Gasteiger charge is 2.23. The summed E-state index contributed by atoms with van der Waals surface area (Å²) < 4.78 is 10.3. The summed E-state index contributed by atoms with van der Waals surface area (Å²) in [7, 11) is 1.65. The lowest BCUT2D eigenvalue weighted by Crippen LogP contribution is -2.51. The molecule has 0 radical (unpaired) electrons. The molecule has 1 saturated heterocycles. The van der Waals surface area contributed by atoms with E-state index in [1.807, 2.05) is 0 Å². The van der Waals surface area contributed by atoms with E-state index in [-0.39, 0.29) is 30.7 Å². The number of nitrogens with zero attached hydrogens (tertiary/aromatic N) is 1. The van der Waals surface area contributed by atoms with Gasteiger partial charge in [0.15, 0.2) is 0 Å². The molecule has 0 aromatic heterocycles. The maximum Gasteiger partial charge on any atom is 0.234 e. The lowest BCUT2D eigenvalue weighted by atomic mass is 10.0. The number of methoxy groups -OCH3 is 1. The maximum atomic E-state index is 11.8. The molecule has 0 bridgehead atoms. The van der Waals surface area contributed by atoms with E-state index in [4.69, 9.17) is 9.47 Å². The van der Waals surface area contributed by atoms with Crippen LogP contribution in [0.2, 0.25) is 0 Å². The van der Waals surface area contributed by atoms with Crippen LogP contribution in [-0.4, -0.2) is 76.5 Å². The van der Waals surface area contributed by atoms with Crippen molar-refractivity contribution in [3.63, 3.8) is 0 Å². The van der Waals surface area contributed by atoms with Crippen molar-refractivity contribution in [1.82, 2.24) is 15.5 Å². The molecular weight excluding hydrogens is 329 g/mol. The first kappa shape index (κ1) is 24.1. The Kier molecular flexibility index (Phi) is 15.9. The molecule has 0 aliphatic carbocycles. The Balaban J connectivity index is 0. The molecule has 1 fully saturated rings. The van der Waals surface area contributed by atoms with Gasteiger partial charge in [0.25, 0.3) is 0 Å². The van der Waals surface area contributed by atoms with Gasteiger partial charge in [0.05, 0.1) is 26.4 Å². The van der Waals surface area contributed by atoms with E-state index in [9.17, 15) is 4.79 Å². The molecule has 134 valence electrons. The van der Waals surface area contributed by atoms with Gasteiger partial charge in [-0.15, -0.1) is 24.8 Å². The molecule has 1 rings (SSSR count). The Morgan fingerprint density at radius 3 is 2.45 bits per heavy atom. The molecule has 6 nitrogen and oxygen atoms in total. The van der Waals surface area contributed by atoms with Crippen molar-refractivity contribution in [3.05, 3.63) is 0 Å². The summed E-state index contributed by atoms with van der Waals surface area (Å²) in [6.45, 7) is 10.2. The Labute approximate surface area is 146 Å². The van der Waals surface area contributed by atoms with E-state index in [1.54, 1.807) is 7.11 Å². The summed E-state index contributed by atoms with van der Waals surface area (Å²) in [5.74, 6) is 0.551. The van der Waals surface area contributed by atoms with Gasteiger partial charge in [-0.3, -0.25) is 9.69 Å². The van der Waals surface area contributed by atoms with Gasteiger partial charge in [0.2, 0.25) is 5.91 Å². The molecule has 0 spiro atoms. The highest BCUT2D eigenvalue weighted by molar-refractivity contribution is 5.85. The van der Waals surface area contributed by atoms with Crippen LogP contribution in [0, 0.1) is 5.92 Å². The van der Waals surface area contributed by atoms with Crippen LogP contribution in [0.3, 0.4) is 0 Å². The molecule has 1 atom stereocenters. The third-order valence-electron chi connectivity index (χ3n) is 3.56. The predicted molar refractivity (Wildman–Crippen MR) is 93.3 cm³/mol. The lowest BCUT2D eigenvalue weighted by molar-refractivity contribution is -0.120. The van der Waals surface area contributed by atoms with Gasteiger partial charge < -0.3 is 20.1 Å². The second-order valence-corrected chi connectivity index (χ2v) is 5.43. The third kappa shape index (κ3) is 9.82. The standard InChI is InChI=1S/C14H29N3O3.2ClH/c1-12(2)13(17-5-8-20-9-6-17)10-16-14(18)11-15-4-7-19-3;;/h12-13,15H,4-11H2,1-3H3,(H,16,18);2*1H. The Hall–Kier alpha value is -0.110. The normalized spacial score (nSPS) is 16.5. The van der Waals surface area contributed by atoms with Gasteiger partial charge in [0, 0.05) is 39.3 Å². The van der Waals surface area contributed by atoms with Crippen LogP contribution in [0.4, 0.5) is 0 Å². The zero-order chi connectivity index (χ0) is 14.8. The molecular formula is C14H31Cl2N3O3. The molecule has 2 N–H and O–H groups in total. The summed E-state index contributed by atoms with van der Waals surface area (Å²) in [6.07, 6.45) is 0. The topological polar surface area (TPSA) is 62.8 Å². The van der Waals surface area contributed by atoms with Crippen molar-refractivity contribution in [1.29, 1.82) is 0 Å². The molecule has 1 aliphatic rings. The fourth-order valence-electron chi connectivity index (χ4n) is 2.35. The zero-order valence-electron chi connectivity index (χ0n) is 13.8. The summed E-state index contributed by atoms with van der Waals surface area (Å²) in [5, 5.41) is 6.06. The number of carbonyl (C=O) groups is 1. The Morgan fingerprint density at radius 2 is 1.91 bits per heavy atom. The number of morpholine rings is 1. The van der Waals surface area contributed by atoms with E-state index in [0.717, 1.165) is 26.3 Å². The number of hydrogen-bond donors (Lipinski definition) is 2. The monoisotopic (exact) mass is 359 g/mol. The molecule has 22 heavy (non-hydrogen) atoms. The first-order chi connectivity index (χ1) is 9.65. The Bertz CT molecular complexity index is 278. The number of amides is 1. The average molecular weight is 360 g/mol. The van der Waals surface area contributed by atoms with E-state index in [0.29, 0.717) is 38.2 Å². The largest absolute Gasteiger partial charge is 0.383 e. The quantitative estimate of drug-likeness (QED) is 0.588. The van der Waals surface area contributed by atoms with Crippen LogP contribution in [0.15, 0.2) is 0 Å². The van der Waals surface area contributed by atoms with Crippen LogP contribution in [0.5, 0.6) is 0 Å². The second kappa shape index (κ2) is 14.5. The van der Waals surface area contributed by atoms with Crippen LogP contribution < -0.4 is 10.6 Å². The van der Waals surface area contributed by atoms with E-state index in [1.165, 1.54) is 0 Å². The number of halogens is 2. The van der Waals surface area contributed by atoms with Crippen molar-refractivity contribution in [2.45, 2.75) is 19.9 Å². The molecule has 1 unspecified atom stereocenters. The molecule has 0 aromatic carbocycles. The van der Waals surface area contributed by atoms with Gasteiger partial charge in [-0.05, 0) is 5.92 Å². The minimum atomic E-state index is 0. The first-order valence-corrected chi connectivity index (χ1v) is 7.43. The molecule has 1 heterocycles. The number of rotatable bonds is 9. The summed E-state index contributed by atoms with van der Waals surface area (Å²) in [4.78, 5) is 14.2. The fourth-order valence-corrected chi connectivity index (χ4v) is 2.35.